The molecule has 0 aliphatic carbocycles. The van der Waals surface area contributed by atoms with Gasteiger partial charge in [-0.2, -0.15) is 0 Å². The van der Waals surface area contributed by atoms with Crippen LogP contribution in [-0.2, 0) is 16.1 Å². The van der Waals surface area contributed by atoms with E-state index in [1.165, 1.54) is 0 Å². The minimum absolute atomic E-state index is 0.0509. The van der Waals surface area contributed by atoms with Crippen LogP contribution in [-0.4, -0.2) is 41.3 Å². The maximum absolute atomic E-state index is 13.2. The van der Waals surface area contributed by atoms with Gasteiger partial charge in [-0.3, -0.25) is 4.79 Å². The Balaban J connectivity index is 1.61. The molecule has 1 atom stereocenters. The highest BCUT2D eigenvalue weighted by molar-refractivity contribution is 6.30. The minimum Gasteiger partial charge on any atom is -0.504 e. The lowest BCUT2D eigenvalue weighted by atomic mass is 9.87. The van der Waals surface area contributed by atoms with Crippen molar-refractivity contribution >= 4 is 17.5 Å². The fourth-order valence-corrected chi connectivity index (χ4v) is 4.41. The summed E-state index contributed by atoms with van der Waals surface area (Å²) in [6, 6.07) is 11.1. The molecule has 2 heterocycles. The van der Waals surface area contributed by atoms with Crippen LogP contribution in [0.3, 0.4) is 0 Å². The smallest absolute Gasteiger partial charge is 0.226 e. The Kier molecular flexibility index (Phi) is 5.45. The number of fused-ring (bicyclic) bond motifs is 1. The highest BCUT2D eigenvalue weighted by Gasteiger charge is 2.35. The van der Waals surface area contributed by atoms with E-state index in [0.29, 0.717) is 43.5 Å². The molecule has 2 aliphatic heterocycles. The zero-order chi connectivity index (χ0) is 20.6. The van der Waals surface area contributed by atoms with E-state index in [9.17, 15) is 9.90 Å². The predicted octanol–water partition coefficient (Wildman–Crippen LogP) is 4.64. The van der Waals surface area contributed by atoms with Gasteiger partial charge in [0.15, 0.2) is 11.5 Å². The number of carbonyl (C=O) groups is 1. The van der Waals surface area contributed by atoms with Gasteiger partial charge in [0, 0.05) is 29.7 Å². The zero-order valence-corrected chi connectivity index (χ0v) is 17.5. The van der Waals surface area contributed by atoms with E-state index in [1.807, 2.05) is 49.1 Å². The number of hydrogen-bond acceptors (Lipinski definition) is 4. The molecule has 1 N–H and O–H groups in total. The Hall–Kier alpha value is -2.24. The maximum Gasteiger partial charge on any atom is 0.226 e. The molecule has 1 saturated heterocycles. The maximum atomic E-state index is 13.2. The van der Waals surface area contributed by atoms with E-state index in [2.05, 4.69) is 0 Å². The van der Waals surface area contributed by atoms with Crippen molar-refractivity contribution in [3.8, 4) is 22.6 Å². The number of rotatable bonds is 2. The molecular weight excluding hydrogens is 390 g/mol. The molecule has 0 unspecified atom stereocenters. The number of halogens is 1. The molecule has 154 valence electrons. The molecule has 0 aromatic heterocycles. The number of nitrogens with zero attached hydrogens (tertiary/aromatic N) is 1. The third-order valence-corrected chi connectivity index (χ3v) is 5.87. The third kappa shape index (κ3) is 4.36. The molecule has 4 rings (SSSR count). The summed E-state index contributed by atoms with van der Waals surface area (Å²) in [6.45, 7) is 5.93. The summed E-state index contributed by atoms with van der Waals surface area (Å²) in [7, 11) is 0. The van der Waals surface area contributed by atoms with Crippen LogP contribution in [0.5, 0.6) is 11.5 Å². The molecular formula is C23H26ClNO4. The summed E-state index contributed by atoms with van der Waals surface area (Å²) in [5.41, 5.74) is 2.27. The first-order chi connectivity index (χ1) is 13.8. The lowest BCUT2D eigenvalue weighted by molar-refractivity contribution is -0.146. The summed E-state index contributed by atoms with van der Waals surface area (Å²) in [5, 5.41) is 11.2. The fraction of sp³-hybridized carbons (Fsp3) is 0.435. The normalized spacial score (nSPS) is 21.1. The summed E-state index contributed by atoms with van der Waals surface area (Å²) in [6.07, 6.45) is 1.45. The molecule has 1 amide bonds. The van der Waals surface area contributed by atoms with Crippen LogP contribution in [0.1, 0.15) is 32.3 Å². The Morgan fingerprint density at radius 2 is 2.03 bits per heavy atom. The van der Waals surface area contributed by atoms with Gasteiger partial charge in [-0.25, -0.2) is 0 Å². The summed E-state index contributed by atoms with van der Waals surface area (Å²) >= 11 is 6.13. The third-order valence-electron chi connectivity index (χ3n) is 5.63. The monoisotopic (exact) mass is 415 g/mol. The van der Waals surface area contributed by atoms with Crippen LogP contribution in [0.4, 0.5) is 0 Å². The van der Waals surface area contributed by atoms with Crippen LogP contribution in [0, 0.1) is 5.92 Å². The Morgan fingerprint density at radius 3 is 2.79 bits per heavy atom. The van der Waals surface area contributed by atoms with E-state index in [4.69, 9.17) is 21.1 Å². The van der Waals surface area contributed by atoms with Gasteiger partial charge in [0.1, 0.15) is 6.61 Å². The number of ether oxygens (including phenoxy) is 2. The first-order valence-electron chi connectivity index (χ1n) is 10.00. The van der Waals surface area contributed by atoms with Crippen LogP contribution in [0.2, 0.25) is 5.02 Å². The van der Waals surface area contributed by atoms with E-state index in [-0.39, 0.29) is 23.2 Å². The average Bonchev–Trinajstić information content (AvgIpc) is 2.89. The topological polar surface area (TPSA) is 59.0 Å². The number of hydrogen-bond donors (Lipinski definition) is 1. The van der Waals surface area contributed by atoms with Crippen molar-refractivity contribution in [2.24, 2.45) is 5.92 Å². The molecule has 0 bridgehead atoms. The van der Waals surface area contributed by atoms with Crippen molar-refractivity contribution < 1.29 is 19.4 Å². The molecule has 2 aliphatic rings. The largest absolute Gasteiger partial charge is 0.504 e. The second-order valence-electron chi connectivity index (χ2n) is 8.40. The number of aromatic hydroxyl groups is 1. The molecule has 2 aromatic carbocycles. The molecule has 0 radical (unpaired) electrons. The van der Waals surface area contributed by atoms with Crippen LogP contribution < -0.4 is 4.74 Å². The van der Waals surface area contributed by atoms with Gasteiger partial charge in [0.2, 0.25) is 5.91 Å². The van der Waals surface area contributed by atoms with E-state index >= 15 is 0 Å². The van der Waals surface area contributed by atoms with Gasteiger partial charge in [-0.1, -0.05) is 23.7 Å². The standard InChI is InChI=1S/C23H26ClNO4/c1-23(2)13-16(6-8-29-23)22(27)25-7-9-28-21-18(14-25)10-17(12-20(21)26)15-4-3-5-19(24)11-15/h3-5,10-12,16,26H,6-9,13-14H2,1-2H3/t16-/m1/s1. The van der Waals surface area contributed by atoms with Crippen molar-refractivity contribution in [1.29, 1.82) is 0 Å². The van der Waals surface area contributed by atoms with E-state index in [1.54, 1.807) is 6.07 Å². The molecule has 0 spiro atoms. The SMILES string of the molecule is CC1(C)C[C@H](C(=O)N2CCOc3c(O)cc(-c4cccc(Cl)c4)cc3C2)CCO1. The van der Waals surface area contributed by atoms with Crippen molar-refractivity contribution in [2.45, 2.75) is 38.8 Å². The quantitative estimate of drug-likeness (QED) is 0.776. The average molecular weight is 416 g/mol. The summed E-state index contributed by atoms with van der Waals surface area (Å²) < 4.78 is 11.6. The highest BCUT2D eigenvalue weighted by Crippen LogP contribution is 2.39. The van der Waals surface area contributed by atoms with Gasteiger partial charge in [-0.05, 0) is 62.1 Å². The highest BCUT2D eigenvalue weighted by atomic mass is 35.5. The fourth-order valence-electron chi connectivity index (χ4n) is 4.22. The molecule has 29 heavy (non-hydrogen) atoms. The van der Waals surface area contributed by atoms with Crippen LogP contribution in [0.25, 0.3) is 11.1 Å². The van der Waals surface area contributed by atoms with Crippen molar-refractivity contribution in [1.82, 2.24) is 4.90 Å². The molecule has 1 fully saturated rings. The Bertz CT molecular complexity index is 927. The lowest BCUT2D eigenvalue weighted by Gasteiger charge is -2.36. The number of phenolic OH excluding ortho intramolecular Hbond substituents is 1. The zero-order valence-electron chi connectivity index (χ0n) is 16.8. The summed E-state index contributed by atoms with van der Waals surface area (Å²) in [4.78, 5) is 15.1. The number of phenols is 1. The van der Waals surface area contributed by atoms with Crippen LogP contribution >= 0.6 is 11.6 Å². The second kappa shape index (κ2) is 7.88. The number of benzene rings is 2. The number of amides is 1. The molecule has 2 aromatic rings. The van der Waals surface area contributed by atoms with Crippen molar-refractivity contribution in [2.75, 3.05) is 19.8 Å². The van der Waals surface area contributed by atoms with E-state index in [0.717, 1.165) is 23.1 Å². The second-order valence-corrected chi connectivity index (χ2v) is 8.84. The van der Waals surface area contributed by atoms with Gasteiger partial charge >= 0.3 is 0 Å². The van der Waals surface area contributed by atoms with E-state index < -0.39 is 0 Å². The van der Waals surface area contributed by atoms with Crippen LogP contribution in [0.15, 0.2) is 36.4 Å². The Morgan fingerprint density at radius 1 is 1.21 bits per heavy atom. The van der Waals surface area contributed by atoms with Gasteiger partial charge in [-0.15, -0.1) is 0 Å². The number of carbonyl (C=O) groups excluding carboxylic acids is 1. The van der Waals surface area contributed by atoms with Crippen molar-refractivity contribution in [3.63, 3.8) is 0 Å². The molecule has 6 heteroatoms. The van der Waals surface area contributed by atoms with Gasteiger partial charge in [0.25, 0.3) is 0 Å². The predicted molar refractivity (Wildman–Crippen MR) is 112 cm³/mol. The molecule has 0 saturated carbocycles. The van der Waals surface area contributed by atoms with Crippen molar-refractivity contribution in [3.05, 3.63) is 47.0 Å². The Labute approximate surface area is 176 Å². The minimum atomic E-state index is -0.281. The summed E-state index contributed by atoms with van der Waals surface area (Å²) in [5.74, 6) is 0.618. The van der Waals surface area contributed by atoms with Gasteiger partial charge in [0.05, 0.1) is 12.1 Å². The lowest BCUT2D eigenvalue weighted by Crippen LogP contribution is -2.43. The van der Waals surface area contributed by atoms with Gasteiger partial charge < -0.3 is 19.5 Å². The first kappa shape index (κ1) is 20.0. The first-order valence-corrected chi connectivity index (χ1v) is 10.4. The molecule has 5 nitrogen and oxygen atoms in total.